The molecule has 0 bridgehead atoms. The summed E-state index contributed by atoms with van der Waals surface area (Å²) in [7, 11) is 0. The number of para-hydroxylation sites is 1. The monoisotopic (exact) mass is 530 g/mol. The molecule has 0 aliphatic carbocycles. The molecule has 0 spiro atoms. The Kier molecular flexibility index (Phi) is 6.59. The number of benzene rings is 2. The van der Waals surface area contributed by atoms with Crippen LogP contribution in [0.5, 0.6) is 5.95 Å². The molecule has 3 amide bonds. The molecule has 0 fully saturated rings. The Morgan fingerprint density at radius 1 is 0.974 bits per heavy atom. The van der Waals surface area contributed by atoms with Gasteiger partial charge in [-0.2, -0.15) is 5.10 Å². The summed E-state index contributed by atoms with van der Waals surface area (Å²) >= 11 is 0. The van der Waals surface area contributed by atoms with E-state index in [4.69, 9.17) is 9.15 Å². The minimum absolute atomic E-state index is 0.0439. The predicted octanol–water partition coefficient (Wildman–Crippen LogP) is 5.15. The van der Waals surface area contributed by atoms with E-state index in [0.29, 0.717) is 16.9 Å². The summed E-state index contributed by atoms with van der Waals surface area (Å²) in [5.41, 5.74) is 0.517. The minimum atomic E-state index is -1.07. The van der Waals surface area contributed by atoms with Gasteiger partial charge in [0.15, 0.2) is 5.82 Å². The fraction of sp³-hybridized carbons (Fsp3) is 0.111. The van der Waals surface area contributed by atoms with E-state index >= 15 is 0 Å². The number of aromatic amines is 2. The number of aromatic nitrogens is 3. The van der Waals surface area contributed by atoms with Gasteiger partial charge in [0, 0.05) is 17.8 Å². The van der Waals surface area contributed by atoms with Gasteiger partial charge in [-0.05, 0) is 44.2 Å². The quantitative estimate of drug-likeness (QED) is 0.196. The van der Waals surface area contributed by atoms with E-state index in [1.165, 1.54) is 12.1 Å². The summed E-state index contributed by atoms with van der Waals surface area (Å²) in [5, 5.41) is 14.7. The maximum absolute atomic E-state index is 14.2. The van der Waals surface area contributed by atoms with E-state index in [0.717, 1.165) is 0 Å². The largest absolute Gasteiger partial charge is 0.419 e. The number of halogens is 1. The molecule has 5 aromatic rings. The molecule has 2 aromatic carbocycles. The number of hydrogen-bond acceptors (Lipinski definition) is 6. The molecule has 0 saturated carbocycles. The Morgan fingerprint density at radius 2 is 1.74 bits per heavy atom. The van der Waals surface area contributed by atoms with Gasteiger partial charge >= 0.3 is 6.09 Å². The molecule has 5 rings (SSSR count). The van der Waals surface area contributed by atoms with Crippen LogP contribution in [0.3, 0.4) is 0 Å². The average molecular weight is 531 g/mol. The van der Waals surface area contributed by atoms with E-state index in [-0.39, 0.29) is 28.5 Å². The van der Waals surface area contributed by atoms with Gasteiger partial charge in [0.05, 0.1) is 16.8 Å². The van der Waals surface area contributed by atoms with Crippen LogP contribution < -0.4 is 20.7 Å². The first-order valence-corrected chi connectivity index (χ1v) is 11.8. The van der Waals surface area contributed by atoms with E-state index in [1.807, 2.05) is 0 Å². The van der Waals surface area contributed by atoms with Gasteiger partial charge in [-0.25, -0.2) is 9.18 Å². The summed E-state index contributed by atoms with van der Waals surface area (Å²) in [6.07, 6.45) is 0.746. The molecule has 0 unspecified atom stereocenters. The SMILES string of the molecule is CC(C)(NC(=O)Oc1cc2[nH]nc(NC(=O)c3ccccc3NC(=O)c3ccc[nH]3)c2o1)c1ccccc1F. The van der Waals surface area contributed by atoms with Crippen LogP contribution in [-0.4, -0.2) is 33.1 Å². The van der Waals surface area contributed by atoms with E-state index < -0.39 is 29.3 Å². The van der Waals surface area contributed by atoms with Gasteiger partial charge in [0.2, 0.25) is 5.58 Å². The molecule has 39 heavy (non-hydrogen) atoms. The van der Waals surface area contributed by atoms with Gasteiger partial charge < -0.3 is 30.1 Å². The van der Waals surface area contributed by atoms with Crippen LogP contribution in [0, 0.1) is 5.82 Å². The number of nitrogens with zero attached hydrogens (tertiary/aromatic N) is 1. The first-order chi connectivity index (χ1) is 18.7. The van der Waals surface area contributed by atoms with Gasteiger partial charge in [-0.3, -0.25) is 14.7 Å². The van der Waals surface area contributed by atoms with Crippen molar-refractivity contribution >= 4 is 40.5 Å². The molecular weight excluding hydrogens is 507 g/mol. The molecule has 0 aliphatic heterocycles. The normalized spacial score (nSPS) is 11.3. The van der Waals surface area contributed by atoms with Gasteiger partial charge in [0.25, 0.3) is 17.8 Å². The number of amides is 3. The number of carbonyl (C=O) groups is 3. The zero-order valence-electron chi connectivity index (χ0n) is 20.8. The predicted molar refractivity (Wildman–Crippen MR) is 140 cm³/mol. The third-order valence-electron chi connectivity index (χ3n) is 5.86. The van der Waals surface area contributed by atoms with Crippen molar-refractivity contribution in [2.24, 2.45) is 0 Å². The van der Waals surface area contributed by atoms with Crippen LogP contribution in [0.2, 0.25) is 0 Å². The van der Waals surface area contributed by atoms with Crippen molar-refractivity contribution in [3.8, 4) is 5.95 Å². The maximum atomic E-state index is 14.2. The lowest BCUT2D eigenvalue weighted by Gasteiger charge is -2.26. The molecule has 198 valence electrons. The third-order valence-corrected chi connectivity index (χ3v) is 5.86. The highest BCUT2D eigenvalue weighted by Crippen LogP contribution is 2.30. The average Bonchev–Trinajstić information content (AvgIpc) is 3.63. The third kappa shape index (κ3) is 5.34. The van der Waals surface area contributed by atoms with Crippen LogP contribution in [0.4, 0.5) is 20.7 Å². The zero-order valence-corrected chi connectivity index (χ0v) is 20.8. The summed E-state index contributed by atoms with van der Waals surface area (Å²) in [6, 6.07) is 17.2. The number of carbonyl (C=O) groups excluding carboxylic acids is 3. The smallest absolute Gasteiger partial charge is 0.415 e. The fourth-order valence-corrected chi connectivity index (χ4v) is 3.96. The van der Waals surface area contributed by atoms with Crippen LogP contribution in [-0.2, 0) is 5.54 Å². The van der Waals surface area contributed by atoms with Crippen LogP contribution in [0.1, 0.15) is 40.3 Å². The van der Waals surface area contributed by atoms with Crippen LogP contribution >= 0.6 is 0 Å². The van der Waals surface area contributed by atoms with Crippen molar-refractivity contribution in [3.05, 3.63) is 95.6 Å². The second-order valence-electron chi connectivity index (χ2n) is 9.04. The zero-order chi connectivity index (χ0) is 27.6. The van der Waals surface area contributed by atoms with Gasteiger partial charge in [0.1, 0.15) is 17.0 Å². The number of furan rings is 1. The minimum Gasteiger partial charge on any atom is -0.419 e. The van der Waals surface area contributed by atoms with Gasteiger partial charge in [-0.15, -0.1) is 0 Å². The second-order valence-corrected chi connectivity index (χ2v) is 9.04. The Bertz CT molecular complexity index is 1670. The van der Waals surface area contributed by atoms with Crippen LogP contribution in [0.15, 0.2) is 77.3 Å². The van der Waals surface area contributed by atoms with Gasteiger partial charge in [-0.1, -0.05) is 30.3 Å². The molecule has 0 saturated heterocycles. The number of nitrogens with one attached hydrogen (secondary N) is 5. The van der Waals surface area contributed by atoms with E-state index in [1.54, 1.807) is 74.6 Å². The van der Waals surface area contributed by atoms with Crippen molar-refractivity contribution in [1.82, 2.24) is 20.5 Å². The maximum Gasteiger partial charge on any atom is 0.415 e. The van der Waals surface area contributed by atoms with Crippen molar-refractivity contribution < 1.29 is 27.9 Å². The number of H-pyrrole nitrogens is 2. The first-order valence-electron chi connectivity index (χ1n) is 11.8. The topological polar surface area (TPSA) is 154 Å². The number of hydrogen-bond donors (Lipinski definition) is 5. The Hall–Kier alpha value is -5.39. The summed E-state index contributed by atoms with van der Waals surface area (Å²) in [5.74, 6) is -1.57. The van der Waals surface area contributed by atoms with E-state index in [9.17, 15) is 18.8 Å². The standard InChI is InChI=1S/C27H23FN6O5/c1-27(2,16-9-4-5-10-17(16)28)32-26(37)39-21-14-20-22(38-21)23(34-33-20)31-24(35)15-8-3-6-11-18(15)30-25(36)19-12-7-13-29-19/h3-14,29H,1-2H3,(H,30,36)(H,32,37)(H2,31,33,34,35). The second kappa shape index (κ2) is 10.2. The summed E-state index contributed by atoms with van der Waals surface area (Å²) in [6.45, 7) is 3.27. The molecule has 5 N–H and O–H groups in total. The molecule has 0 atom stereocenters. The summed E-state index contributed by atoms with van der Waals surface area (Å²) < 4.78 is 25.0. The highest BCUT2D eigenvalue weighted by molar-refractivity contribution is 6.13. The summed E-state index contributed by atoms with van der Waals surface area (Å²) in [4.78, 5) is 40.8. The number of fused-ring (bicyclic) bond motifs is 1. The molecule has 11 nitrogen and oxygen atoms in total. The molecular formula is C27H23FN6O5. The highest BCUT2D eigenvalue weighted by Gasteiger charge is 2.28. The lowest BCUT2D eigenvalue weighted by atomic mass is 9.94. The Labute approximate surface area is 220 Å². The van der Waals surface area contributed by atoms with Crippen LogP contribution in [0.25, 0.3) is 11.1 Å². The molecule has 12 heteroatoms. The number of rotatable bonds is 7. The van der Waals surface area contributed by atoms with Crippen molar-refractivity contribution in [3.63, 3.8) is 0 Å². The fourth-order valence-electron chi connectivity index (χ4n) is 3.96. The number of ether oxygens (including phenoxy) is 1. The molecule has 0 radical (unpaired) electrons. The lowest BCUT2D eigenvalue weighted by molar-refractivity contribution is 0.102. The van der Waals surface area contributed by atoms with Crippen molar-refractivity contribution in [1.29, 1.82) is 0 Å². The Morgan fingerprint density at radius 3 is 2.51 bits per heavy atom. The highest BCUT2D eigenvalue weighted by atomic mass is 19.1. The molecule has 3 aromatic heterocycles. The molecule has 0 aliphatic rings. The lowest BCUT2D eigenvalue weighted by Crippen LogP contribution is -2.43. The Balaban J connectivity index is 1.28. The number of anilines is 2. The van der Waals surface area contributed by atoms with E-state index in [2.05, 4.69) is 31.1 Å². The van der Waals surface area contributed by atoms with Crippen molar-refractivity contribution in [2.75, 3.05) is 10.6 Å². The first kappa shape index (κ1) is 25.3. The van der Waals surface area contributed by atoms with Crippen molar-refractivity contribution in [2.45, 2.75) is 19.4 Å². The molecule has 3 heterocycles.